The maximum Gasteiger partial charge on any atom is 0.339 e. The summed E-state index contributed by atoms with van der Waals surface area (Å²) in [4.78, 5) is 36.3. The van der Waals surface area contributed by atoms with E-state index < -0.39 is 5.97 Å². The number of hydrogen-bond acceptors (Lipinski definition) is 4. The van der Waals surface area contributed by atoms with Crippen LogP contribution >= 0.6 is 11.6 Å². The number of amides is 2. The Kier molecular flexibility index (Phi) is 4.18. The first-order valence-corrected chi connectivity index (χ1v) is 6.69. The normalized spacial score (nSPS) is 16.2. The fourth-order valence-corrected chi connectivity index (χ4v) is 2.56. The van der Waals surface area contributed by atoms with Gasteiger partial charge < -0.3 is 9.84 Å². The van der Waals surface area contributed by atoms with Crippen LogP contribution in [-0.4, -0.2) is 30.0 Å². The molecule has 0 unspecified atom stereocenters. The molecule has 0 radical (unpaired) electrons. The molecule has 1 aliphatic rings. The Bertz CT molecular complexity index is 610. The highest BCUT2D eigenvalue weighted by molar-refractivity contribution is 6.35. The zero-order valence-electron chi connectivity index (χ0n) is 11.6. The fourth-order valence-electron chi connectivity index (χ4n) is 2.31. The second-order valence-corrected chi connectivity index (χ2v) is 5.35. The zero-order chi connectivity index (χ0) is 15.7. The number of ether oxygens (including phenoxy) is 1. The predicted octanol–water partition coefficient (Wildman–Crippen LogP) is 2.34. The quantitative estimate of drug-likeness (QED) is 0.866. The molecule has 1 aromatic carbocycles. The van der Waals surface area contributed by atoms with Crippen LogP contribution in [0.3, 0.4) is 0 Å². The molecule has 21 heavy (non-hydrogen) atoms. The number of carboxylic acids is 1. The number of carboxylic acid groups (broad SMARTS) is 1. The lowest BCUT2D eigenvalue weighted by Gasteiger charge is -2.29. The monoisotopic (exact) mass is 311 g/mol. The van der Waals surface area contributed by atoms with Crippen molar-refractivity contribution in [3.8, 4) is 5.75 Å². The molecule has 1 fully saturated rings. The molecule has 0 spiro atoms. The van der Waals surface area contributed by atoms with Gasteiger partial charge in [-0.2, -0.15) is 0 Å². The van der Waals surface area contributed by atoms with Crippen LogP contribution in [0.5, 0.6) is 5.75 Å². The van der Waals surface area contributed by atoms with Gasteiger partial charge in [0, 0.05) is 18.9 Å². The maximum atomic E-state index is 12.1. The van der Waals surface area contributed by atoms with Gasteiger partial charge in [0.05, 0.1) is 17.8 Å². The predicted molar refractivity (Wildman–Crippen MR) is 75.9 cm³/mol. The molecule has 7 heteroatoms. The summed E-state index contributed by atoms with van der Waals surface area (Å²) in [5.74, 6) is -1.89. The minimum absolute atomic E-state index is 0.0137. The summed E-state index contributed by atoms with van der Waals surface area (Å²) in [6.45, 7) is 1.82. The van der Waals surface area contributed by atoms with Crippen LogP contribution in [0.4, 0.5) is 5.69 Å². The number of piperidine rings is 1. The summed E-state index contributed by atoms with van der Waals surface area (Å²) >= 11 is 6.04. The molecule has 2 rings (SSSR count). The van der Waals surface area contributed by atoms with E-state index in [4.69, 9.17) is 21.4 Å². The maximum absolute atomic E-state index is 12.1. The topological polar surface area (TPSA) is 83.9 Å². The molecule has 1 aliphatic heterocycles. The fraction of sp³-hybridized carbons (Fsp3) is 0.357. The van der Waals surface area contributed by atoms with Gasteiger partial charge in [-0.1, -0.05) is 18.5 Å². The first-order chi connectivity index (χ1) is 9.85. The van der Waals surface area contributed by atoms with Crippen molar-refractivity contribution < 1.29 is 24.2 Å². The summed E-state index contributed by atoms with van der Waals surface area (Å²) in [5, 5.41) is 9.09. The standard InChI is InChI=1S/C14H14ClNO5/c1-7-3-12(17)16(13(18)4-7)10-6-11(21-2)8(14(19)20)5-9(10)15/h5-7H,3-4H2,1-2H3,(H,19,20). The van der Waals surface area contributed by atoms with Crippen molar-refractivity contribution >= 4 is 35.1 Å². The van der Waals surface area contributed by atoms with Gasteiger partial charge in [-0.15, -0.1) is 0 Å². The number of methoxy groups -OCH3 is 1. The van der Waals surface area contributed by atoms with Crippen LogP contribution in [-0.2, 0) is 9.59 Å². The first-order valence-electron chi connectivity index (χ1n) is 6.31. The number of carbonyl (C=O) groups is 3. The minimum atomic E-state index is -1.20. The van der Waals surface area contributed by atoms with Crippen molar-refractivity contribution in [2.24, 2.45) is 5.92 Å². The van der Waals surface area contributed by atoms with E-state index in [2.05, 4.69) is 0 Å². The Morgan fingerprint density at radius 3 is 2.38 bits per heavy atom. The third-order valence-corrected chi connectivity index (χ3v) is 3.59. The van der Waals surface area contributed by atoms with E-state index in [-0.39, 0.29) is 52.6 Å². The lowest BCUT2D eigenvalue weighted by molar-refractivity contribution is -0.130. The van der Waals surface area contributed by atoms with Crippen molar-refractivity contribution in [2.45, 2.75) is 19.8 Å². The molecule has 1 saturated heterocycles. The van der Waals surface area contributed by atoms with E-state index >= 15 is 0 Å². The SMILES string of the molecule is COc1cc(N2C(=O)CC(C)CC2=O)c(Cl)cc1C(=O)O. The molecule has 0 bridgehead atoms. The van der Waals surface area contributed by atoms with E-state index in [9.17, 15) is 14.4 Å². The number of carbonyl (C=O) groups excluding carboxylic acids is 2. The van der Waals surface area contributed by atoms with Gasteiger partial charge >= 0.3 is 5.97 Å². The molecule has 1 N–H and O–H groups in total. The van der Waals surface area contributed by atoms with Crippen molar-refractivity contribution in [3.63, 3.8) is 0 Å². The van der Waals surface area contributed by atoms with E-state index in [1.165, 1.54) is 19.2 Å². The number of imide groups is 1. The summed E-state index contributed by atoms with van der Waals surface area (Å²) < 4.78 is 5.00. The third kappa shape index (κ3) is 2.85. The van der Waals surface area contributed by atoms with Crippen LogP contribution in [0.15, 0.2) is 12.1 Å². The van der Waals surface area contributed by atoms with Crippen LogP contribution in [0.1, 0.15) is 30.1 Å². The molecule has 0 aliphatic carbocycles. The molecular formula is C14H14ClNO5. The summed E-state index contributed by atoms with van der Waals surface area (Å²) in [7, 11) is 1.31. The average Bonchev–Trinajstić information content (AvgIpc) is 2.38. The lowest BCUT2D eigenvalue weighted by atomic mass is 9.97. The van der Waals surface area contributed by atoms with Gasteiger partial charge in [-0.25, -0.2) is 9.69 Å². The molecule has 0 saturated carbocycles. The largest absolute Gasteiger partial charge is 0.496 e. The summed E-state index contributed by atoms with van der Waals surface area (Å²) in [6.07, 6.45) is 0.482. The van der Waals surface area contributed by atoms with Crippen molar-refractivity contribution in [1.29, 1.82) is 0 Å². The Balaban J connectivity index is 2.51. The molecule has 0 aromatic heterocycles. The molecule has 6 nitrogen and oxygen atoms in total. The number of rotatable bonds is 3. The van der Waals surface area contributed by atoms with Crippen molar-refractivity contribution in [2.75, 3.05) is 12.0 Å². The molecule has 112 valence electrons. The number of halogens is 1. The number of aromatic carboxylic acids is 1. The Labute approximate surface area is 126 Å². The minimum Gasteiger partial charge on any atom is -0.496 e. The van der Waals surface area contributed by atoms with E-state index in [0.717, 1.165) is 4.90 Å². The van der Waals surface area contributed by atoms with Crippen LogP contribution in [0, 0.1) is 5.92 Å². The second-order valence-electron chi connectivity index (χ2n) is 4.95. The Morgan fingerprint density at radius 2 is 1.90 bits per heavy atom. The van der Waals surface area contributed by atoms with Crippen LogP contribution in [0.2, 0.25) is 5.02 Å². The lowest BCUT2D eigenvalue weighted by Crippen LogP contribution is -2.43. The summed E-state index contributed by atoms with van der Waals surface area (Å²) in [5.41, 5.74) is 0.0249. The number of nitrogens with zero attached hydrogens (tertiary/aromatic N) is 1. The number of hydrogen-bond donors (Lipinski definition) is 1. The van der Waals surface area contributed by atoms with Gasteiger partial charge in [-0.05, 0) is 12.0 Å². The Hall–Kier alpha value is -2.08. The highest BCUT2D eigenvalue weighted by atomic mass is 35.5. The van der Waals surface area contributed by atoms with Gasteiger partial charge in [0.1, 0.15) is 11.3 Å². The first kappa shape index (κ1) is 15.3. The van der Waals surface area contributed by atoms with Crippen LogP contribution < -0.4 is 9.64 Å². The highest BCUT2D eigenvalue weighted by Gasteiger charge is 2.33. The smallest absolute Gasteiger partial charge is 0.339 e. The number of benzene rings is 1. The average molecular weight is 312 g/mol. The van der Waals surface area contributed by atoms with Gasteiger partial charge in [-0.3, -0.25) is 9.59 Å². The van der Waals surface area contributed by atoms with Gasteiger partial charge in [0.25, 0.3) is 0 Å². The zero-order valence-corrected chi connectivity index (χ0v) is 12.3. The van der Waals surface area contributed by atoms with E-state index in [0.29, 0.717) is 0 Å². The number of anilines is 1. The molecule has 2 amide bonds. The molecule has 1 aromatic rings. The third-order valence-electron chi connectivity index (χ3n) is 3.29. The molecule has 0 atom stereocenters. The van der Waals surface area contributed by atoms with Gasteiger partial charge in [0.15, 0.2) is 0 Å². The Morgan fingerprint density at radius 1 is 1.33 bits per heavy atom. The van der Waals surface area contributed by atoms with Gasteiger partial charge in [0.2, 0.25) is 11.8 Å². The van der Waals surface area contributed by atoms with Crippen LogP contribution in [0.25, 0.3) is 0 Å². The molecule has 1 heterocycles. The van der Waals surface area contributed by atoms with Crippen molar-refractivity contribution in [3.05, 3.63) is 22.7 Å². The molecular weight excluding hydrogens is 298 g/mol. The summed E-state index contributed by atoms with van der Waals surface area (Å²) in [6, 6.07) is 2.48. The highest BCUT2D eigenvalue weighted by Crippen LogP contribution is 2.36. The van der Waals surface area contributed by atoms with Crippen molar-refractivity contribution in [1.82, 2.24) is 0 Å². The van der Waals surface area contributed by atoms with E-state index in [1.54, 1.807) is 0 Å². The second kappa shape index (κ2) is 5.73. The van der Waals surface area contributed by atoms with E-state index in [1.807, 2.05) is 6.92 Å².